The lowest BCUT2D eigenvalue weighted by Gasteiger charge is -2.23. The molecular weight excluding hydrogens is 258 g/mol. The standard InChI is InChI=1S/C17H14F2O/c18-15-8-7-14(10-16(15)19)17(20)13-6-5-11-3-1-2-4-12(11)9-13/h1-4,7-8,10,13H,5-6,9H2. The first-order chi connectivity index (χ1) is 9.65. The first kappa shape index (κ1) is 13.0. The second kappa shape index (κ2) is 5.16. The monoisotopic (exact) mass is 272 g/mol. The molecule has 0 saturated carbocycles. The summed E-state index contributed by atoms with van der Waals surface area (Å²) in [5.41, 5.74) is 2.72. The van der Waals surface area contributed by atoms with Crippen LogP contribution in [0.1, 0.15) is 27.9 Å². The van der Waals surface area contributed by atoms with Crippen LogP contribution in [0.25, 0.3) is 0 Å². The smallest absolute Gasteiger partial charge is 0.166 e. The molecule has 1 aliphatic carbocycles. The van der Waals surface area contributed by atoms with E-state index in [2.05, 4.69) is 6.07 Å². The Morgan fingerprint density at radius 3 is 2.50 bits per heavy atom. The Kier molecular flexibility index (Phi) is 3.35. The van der Waals surface area contributed by atoms with Crippen molar-refractivity contribution in [2.75, 3.05) is 0 Å². The van der Waals surface area contributed by atoms with E-state index in [0.29, 0.717) is 6.42 Å². The lowest BCUT2D eigenvalue weighted by atomic mass is 9.80. The molecule has 3 rings (SSSR count). The van der Waals surface area contributed by atoms with E-state index < -0.39 is 11.6 Å². The van der Waals surface area contributed by atoms with Gasteiger partial charge in [0.1, 0.15) is 0 Å². The normalized spacial score (nSPS) is 17.6. The highest BCUT2D eigenvalue weighted by atomic mass is 19.2. The van der Waals surface area contributed by atoms with E-state index in [4.69, 9.17) is 0 Å². The molecule has 0 aliphatic heterocycles. The Bertz CT molecular complexity index is 664. The minimum absolute atomic E-state index is 0.0987. The molecule has 0 saturated heterocycles. The summed E-state index contributed by atoms with van der Waals surface area (Å²) in [6, 6.07) is 11.4. The Labute approximate surface area is 116 Å². The fourth-order valence-corrected chi connectivity index (χ4v) is 2.81. The molecule has 1 unspecified atom stereocenters. The molecular formula is C17H14F2O. The number of halogens is 2. The Hall–Kier alpha value is -2.03. The van der Waals surface area contributed by atoms with E-state index in [9.17, 15) is 13.6 Å². The zero-order valence-corrected chi connectivity index (χ0v) is 10.9. The molecule has 102 valence electrons. The average Bonchev–Trinajstić information content (AvgIpc) is 2.49. The second-order valence-corrected chi connectivity index (χ2v) is 5.20. The van der Waals surface area contributed by atoms with Crippen LogP contribution >= 0.6 is 0 Å². The van der Waals surface area contributed by atoms with Gasteiger partial charge >= 0.3 is 0 Å². The summed E-state index contributed by atoms with van der Waals surface area (Å²) in [6.07, 6.45) is 2.29. The summed E-state index contributed by atoms with van der Waals surface area (Å²) in [7, 11) is 0. The molecule has 1 atom stereocenters. The van der Waals surface area contributed by atoms with Gasteiger partial charge in [-0.05, 0) is 48.6 Å². The summed E-state index contributed by atoms with van der Waals surface area (Å²) in [5.74, 6) is -2.13. The number of aryl methyl sites for hydroxylation is 1. The van der Waals surface area contributed by atoms with Gasteiger partial charge in [-0.1, -0.05) is 24.3 Å². The van der Waals surface area contributed by atoms with Crippen molar-refractivity contribution in [3.8, 4) is 0 Å². The van der Waals surface area contributed by atoms with Crippen LogP contribution < -0.4 is 0 Å². The molecule has 1 nitrogen and oxygen atoms in total. The summed E-state index contributed by atoms with van der Waals surface area (Å²) >= 11 is 0. The molecule has 0 fully saturated rings. The first-order valence-corrected chi connectivity index (χ1v) is 6.71. The molecule has 0 radical (unpaired) electrons. The van der Waals surface area contributed by atoms with Crippen LogP contribution in [0.2, 0.25) is 0 Å². The maximum Gasteiger partial charge on any atom is 0.166 e. The maximum atomic E-state index is 13.2. The van der Waals surface area contributed by atoms with Crippen molar-refractivity contribution in [2.24, 2.45) is 5.92 Å². The van der Waals surface area contributed by atoms with E-state index in [1.807, 2.05) is 18.2 Å². The molecule has 0 bridgehead atoms. The second-order valence-electron chi connectivity index (χ2n) is 5.20. The molecule has 20 heavy (non-hydrogen) atoms. The fourth-order valence-electron chi connectivity index (χ4n) is 2.81. The fraction of sp³-hybridized carbons (Fsp3) is 0.235. The summed E-state index contributed by atoms with van der Waals surface area (Å²) in [6.45, 7) is 0. The van der Waals surface area contributed by atoms with Crippen LogP contribution in [0.3, 0.4) is 0 Å². The zero-order chi connectivity index (χ0) is 14.1. The molecule has 0 aromatic heterocycles. The molecule has 2 aromatic carbocycles. The van der Waals surface area contributed by atoms with E-state index in [1.54, 1.807) is 0 Å². The summed E-state index contributed by atoms with van der Waals surface area (Å²) in [4.78, 5) is 12.4. The van der Waals surface area contributed by atoms with Crippen LogP contribution in [0.15, 0.2) is 42.5 Å². The van der Waals surface area contributed by atoms with E-state index in [-0.39, 0.29) is 17.3 Å². The third-order valence-electron chi connectivity index (χ3n) is 3.92. The molecule has 2 aromatic rings. The van der Waals surface area contributed by atoms with E-state index >= 15 is 0 Å². The number of hydrogen-bond donors (Lipinski definition) is 0. The molecule has 0 heterocycles. The van der Waals surface area contributed by atoms with Gasteiger partial charge in [0.15, 0.2) is 17.4 Å². The first-order valence-electron chi connectivity index (χ1n) is 6.71. The Morgan fingerprint density at radius 2 is 1.75 bits per heavy atom. The lowest BCUT2D eigenvalue weighted by Crippen LogP contribution is -2.23. The van der Waals surface area contributed by atoms with E-state index in [0.717, 1.165) is 25.0 Å². The molecule has 0 N–H and O–H groups in total. The number of ketones is 1. The van der Waals surface area contributed by atoms with Gasteiger partial charge in [0.25, 0.3) is 0 Å². The number of benzene rings is 2. The predicted molar refractivity (Wildman–Crippen MR) is 72.6 cm³/mol. The molecule has 0 amide bonds. The third-order valence-corrected chi connectivity index (χ3v) is 3.92. The maximum absolute atomic E-state index is 13.2. The van der Waals surface area contributed by atoms with Crippen molar-refractivity contribution in [3.05, 3.63) is 70.8 Å². The van der Waals surface area contributed by atoms with Crippen LogP contribution in [-0.2, 0) is 12.8 Å². The van der Waals surface area contributed by atoms with Crippen molar-refractivity contribution < 1.29 is 13.6 Å². The van der Waals surface area contributed by atoms with Crippen molar-refractivity contribution in [2.45, 2.75) is 19.3 Å². The van der Waals surface area contributed by atoms with Gasteiger partial charge in [-0.25, -0.2) is 8.78 Å². The zero-order valence-electron chi connectivity index (χ0n) is 10.9. The van der Waals surface area contributed by atoms with Crippen molar-refractivity contribution in [1.29, 1.82) is 0 Å². The van der Waals surface area contributed by atoms with Crippen molar-refractivity contribution in [3.63, 3.8) is 0 Å². The van der Waals surface area contributed by atoms with Gasteiger partial charge in [-0.15, -0.1) is 0 Å². The van der Waals surface area contributed by atoms with Gasteiger partial charge in [0.2, 0.25) is 0 Å². The summed E-state index contributed by atoms with van der Waals surface area (Å²) < 4.78 is 26.1. The number of Topliss-reactive ketones (excluding diaryl/α,β-unsaturated/α-hetero) is 1. The molecule has 0 spiro atoms. The van der Waals surface area contributed by atoms with E-state index in [1.165, 1.54) is 17.2 Å². The Morgan fingerprint density at radius 1 is 1.00 bits per heavy atom. The minimum Gasteiger partial charge on any atom is -0.294 e. The number of carbonyl (C=O) groups is 1. The van der Waals surface area contributed by atoms with Crippen LogP contribution in [0.4, 0.5) is 8.78 Å². The summed E-state index contributed by atoms with van der Waals surface area (Å²) in [5, 5.41) is 0. The third kappa shape index (κ3) is 2.36. The Balaban J connectivity index is 1.84. The van der Waals surface area contributed by atoms with Crippen LogP contribution in [-0.4, -0.2) is 5.78 Å². The van der Waals surface area contributed by atoms with Gasteiger partial charge in [-0.2, -0.15) is 0 Å². The lowest BCUT2D eigenvalue weighted by molar-refractivity contribution is 0.0908. The highest BCUT2D eigenvalue weighted by Gasteiger charge is 2.25. The number of hydrogen-bond acceptors (Lipinski definition) is 1. The number of fused-ring (bicyclic) bond motifs is 1. The minimum atomic E-state index is -0.966. The van der Waals surface area contributed by atoms with Gasteiger partial charge in [-0.3, -0.25) is 4.79 Å². The van der Waals surface area contributed by atoms with Crippen LogP contribution in [0.5, 0.6) is 0 Å². The largest absolute Gasteiger partial charge is 0.294 e. The predicted octanol–water partition coefficient (Wildman–Crippen LogP) is 3.95. The number of rotatable bonds is 2. The SMILES string of the molecule is O=C(c1ccc(F)c(F)c1)C1CCc2ccccc2C1. The average molecular weight is 272 g/mol. The van der Waals surface area contributed by atoms with Crippen molar-refractivity contribution in [1.82, 2.24) is 0 Å². The topological polar surface area (TPSA) is 17.1 Å². The number of carbonyl (C=O) groups excluding carboxylic acids is 1. The quantitative estimate of drug-likeness (QED) is 0.756. The molecule has 1 aliphatic rings. The highest BCUT2D eigenvalue weighted by molar-refractivity contribution is 5.98. The highest BCUT2D eigenvalue weighted by Crippen LogP contribution is 2.28. The van der Waals surface area contributed by atoms with Gasteiger partial charge in [0.05, 0.1) is 0 Å². The van der Waals surface area contributed by atoms with Crippen molar-refractivity contribution >= 4 is 5.78 Å². The molecule has 3 heteroatoms. The van der Waals surface area contributed by atoms with Gasteiger partial charge < -0.3 is 0 Å². The van der Waals surface area contributed by atoms with Crippen LogP contribution in [0, 0.1) is 17.6 Å². The van der Waals surface area contributed by atoms with Gasteiger partial charge in [0, 0.05) is 11.5 Å².